The summed E-state index contributed by atoms with van der Waals surface area (Å²) in [5, 5.41) is 5.45. The van der Waals surface area contributed by atoms with Crippen molar-refractivity contribution in [2.24, 2.45) is 5.92 Å². The topological polar surface area (TPSA) is 125 Å². The molecule has 1 saturated carbocycles. The molecule has 1 heterocycles. The average molecular weight is 499 g/mol. The second kappa shape index (κ2) is 9.33. The van der Waals surface area contributed by atoms with Crippen LogP contribution >= 0.6 is 0 Å². The zero-order valence-corrected chi connectivity index (χ0v) is 20.9. The number of hydrogen-bond donors (Lipinski definition) is 3. The summed E-state index contributed by atoms with van der Waals surface area (Å²) >= 11 is 0. The number of benzene rings is 2. The van der Waals surface area contributed by atoms with E-state index in [0.717, 1.165) is 35.3 Å². The van der Waals surface area contributed by atoms with Gasteiger partial charge in [0.1, 0.15) is 12.1 Å². The Hall–Kier alpha value is -3.40. The van der Waals surface area contributed by atoms with Crippen LogP contribution in [0.15, 0.2) is 47.4 Å². The highest BCUT2D eigenvalue weighted by Gasteiger charge is 2.55. The fourth-order valence-electron chi connectivity index (χ4n) is 4.87. The molecule has 0 radical (unpaired) electrons. The molecule has 35 heavy (non-hydrogen) atoms. The Kier molecular flexibility index (Phi) is 6.59. The Bertz CT molecular complexity index is 1260. The molecule has 4 rings (SSSR count). The number of hydrogen-bond acceptors (Lipinski definition) is 5. The first kappa shape index (κ1) is 24.7. The standard InChI is InChI=1S/C25H30N4O5S/c1-16-7-6-8-17(2)22(16)28-35(33,34)20-12-10-19(11-13-20)26-21(30)15-29-23(31)25(27-24(29)32)14-5-4-9-18(25)3/h6-8,10-13,18,28H,4-5,9,14-15H2,1-3H3,(H,26,30)(H,27,32)/t18-,25+/m1/s1. The Morgan fingerprint density at radius 3 is 2.37 bits per heavy atom. The number of carbonyl (C=O) groups excluding carboxylic acids is 3. The molecule has 186 valence electrons. The van der Waals surface area contributed by atoms with Crippen molar-refractivity contribution >= 4 is 39.2 Å². The lowest BCUT2D eigenvalue weighted by atomic mass is 9.73. The molecule has 9 nitrogen and oxygen atoms in total. The normalized spacial score (nSPS) is 22.3. The molecule has 1 aliphatic heterocycles. The lowest BCUT2D eigenvalue weighted by molar-refractivity contribution is -0.136. The van der Waals surface area contributed by atoms with Gasteiger partial charge in [-0.25, -0.2) is 13.2 Å². The maximum atomic E-state index is 13.0. The molecule has 2 aromatic rings. The maximum absolute atomic E-state index is 13.0. The Morgan fingerprint density at radius 1 is 1.09 bits per heavy atom. The second-order valence-corrected chi connectivity index (χ2v) is 11.1. The molecule has 1 spiro atoms. The molecular weight excluding hydrogens is 468 g/mol. The van der Waals surface area contributed by atoms with E-state index < -0.39 is 34.0 Å². The van der Waals surface area contributed by atoms with Crippen LogP contribution in [0.1, 0.15) is 43.7 Å². The first-order valence-corrected chi connectivity index (χ1v) is 13.1. The van der Waals surface area contributed by atoms with Crippen LogP contribution in [0.25, 0.3) is 0 Å². The van der Waals surface area contributed by atoms with Crippen molar-refractivity contribution in [3.05, 3.63) is 53.6 Å². The van der Waals surface area contributed by atoms with E-state index in [1.165, 1.54) is 24.3 Å². The van der Waals surface area contributed by atoms with Gasteiger partial charge in [-0.3, -0.25) is 19.2 Å². The summed E-state index contributed by atoms with van der Waals surface area (Å²) in [7, 11) is -3.83. The van der Waals surface area contributed by atoms with Crippen molar-refractivity contribution < 1.29 is 22.8 Å². The van der Waals surface area contributed by atoms with Crippen LogP contribution in [-0.2, 0) is 19.6 Å². The summed E-state index contributed by atoms with van der Waals surface area (Å²) in [5.74, 6) is -0.894. The van der Waals surface area contributed by atoms with Gasteiger partial charge in [-0.2, -0.15) is 0 Å². The Morgan fingerprint density at radius 2 is 1.74 bits per heavy atom. The number of rotatable bonds is 6. The quantitative estimate of drug-likeness (QED) is 0.526. The van der Waals surface area contributed by atoms with Gasteiger partial charge in [0.05, 0.1) is 10.6 Å². The molecule has 2 aliphatic rings. The third kappa shape index (κ3) is 4.75. The highest BCUT2D eigenvalue weighted by Crippen LogP contribution is 2.38. The SMILES string of the molecule is Cc1cccc(C)c1NS(=O)(=O)c1ccc(NC(=O)CN2C(=O)N[C@]3(CCCC[C@H]3C)C2=O)cc1. The average Bonchev–Trinajstić information content (AvgIpc) is 3.03. The van der Waals surface area contributed by atoms with Gasteiger partial charge in [0.15, 0.2) is 0 Å². The molecule has 0 bridgehead atoms. The highest BCUT2D eigenvalue weighted by molar-refractivity contribution is 7.92. The summed E-state index contributed by atoms with van der Waals surface area (Å²) in [4.78, 5) is 39.1. The molecule has 10 heteroatoms. The van der Waals surface area contributed by atoms with Gasteiger partial charge in [-0.1, -0.05) is 38.0 Å². The molecule has 2 fully saturated rings. The Balaban J connectivity index is 1.41. The van der Waals surface area contributed by atoms with Gasteiger partial charge in [-0.05, 0) is 68.0 Å². The van der Waals surface area contributed by atoms with Gasteiger partial charge in [0.2, 0.25) is 5.91 Å². The number of amides is 4. The molecule has 4 amide bonds. The van der Waals surface area contributed by atoms with Gasteiger partial charge < -0.3 is 10.6 Å². The minimum atomic E-state index is -3.83. The molecule has 1 saturated heterocycles. The summed E-state index contributed by atoms with van der Waals surface area (Å²) in [6.07, 6.45) is 3.28. The van der Waals surface area contributed by atoms with E-state index in [4.69, 9.17) is 0 Å². The molecular formula is C25H30N4O5S. The third-order valence-corrected chi connectivity index (χ3v) is 8.33. The van der Waals surface area contributed by atoms with E-state index in [-0.39, 0.29) is 16.7 Å². The fourth-order valence-corrected chi connectivity index (χ4v) is 6.07. The van der Waals surface area contributed by atoms with E-state index in [1.54, 1.807) is 0 Å². The monoisotopic (exact) mass is 498 g/mol. The van der Waals surface area contributed by atoms with Crippen molar-refractivity contribution in [2.75, 3.05) is 16.6 Å². The molecule has 1 aliphatic carbocycles. The minimum Gasteiger partial charge on any atom is -0.325 e. The number of urea groups is 1. The first-order chi connectivity index (χ1) is 16.5. The van der Waals surface area contributed by atoms with Crippen LogP contribution in [0, 0.1) is 19.8 Å². The second-order valence-electron chi connectivity index (χ2n) is 9.38. The molecule has 3 N–H and O–H groups in total. The smallest absolute Gasteiger partial charge is 0.325 e. The lowest BCUT2D eigenvalue weighted by Gasteiger charge is -2.36. The van der Waals surface area contributed by atoms with Crippen LogP contribution in [0.2, 0.25) is 0 Å². The largest absolute Gasteiger partial charge is 0.325 e. The Labute approximate surface area is 205 Å². The number of para-hydroxylation sites is 1. The molecule has 0 aromatic heterocycles. The highest BCUT2D eigenvalue weighted by atomic mass is 32.2. The summed E-state index contributed by atoms with van der Waals surface area (Å²) in [6, 6.07) is 10.7. The van der Waals surface area contributed by atoms with Crippen LogP contribution in [0.5, 0.6) is 0 Å². The fraction of sp³-hybridized carbons (Fsp3) is 0.400. The lowest BCUT2D eigenvalue weighted by Crippen LogP contribution is -2.54. The predicted octanol–water partition coefficient (Wildman–Crippen LogP) is 3.54. The number of anilines is 2. The van der Waals surface area contributed by atoms with Crippen molar-refractivity contribution in [2.45, 2.75) is 56.9 Å². The van der Waals surface area contributed by atoms with E-state index in [2.05, 4.69) is 15.4 Å². The maximum Gasteiger partial charge on any atom is 0.325 e. The number of aryl methyl sites for hydroxylation is 2. The van der Waals surface area contributed by atoms with E-state index in [1.807, 2.05) is 39.0 Å². The van der Waals surface area contributed by atoms with Gasteiger partial charge in [-0.15, -0.1) is 0 Å². The van der Waals surface area contributed by atoms with Crippen LogP contribution in [0.3, 0.4) is 0 Å². The first-order valence-electron chi connectivity index (χ1n) is 11.7. The van der Waals surface area contributed by atoms with Crippen LogP contribution < -0.4 is 15.4 Å². The van der Waals surface area contributed by atoms with E-state index in [9.17, 15) is 22.8 Å². The van der Waals surface area contributed by atoms with E-state index in [0.29, 0.717) is 17.8 Å². The van der Waals surface area contributed by atoms with Crippen molar-refractivity contribution in [3.8, 4) is 0 Å². The van der Waals surface area contributed by atoms with Crippen LogP contribution in [-0.4, -0.2) is 43.2 Å². The number of nitrogens with zero attached hydrogens (tertiary/aromatic N) is 1. The van der Waals surface area contributed by atoms with E-state index >= 15 is 0 Å². The van der Waals surface area contributed by atoms with Gasteiger partial charge >= 0.3 is 6.03 Å². The zero-order chi connectivity index (χ0) is 25.4. The summed E-state index contributed by atoms with van der Waals surface area (Å²) in [6.45, 7) is 5.19. The summed E-state index contributed by atoms with van der Waals surface area (Å²) < 4.78 is 28.3. The van der Waals surface area contributed by atoms with Crippen molar-refractivity contribution in [1.82, 2.24) is 10.2 Å². The van der Waals surface area contributed by atoms with Crippen molar-refractivity contribution in [3.63, 3.8) is 0 Å². The number of carbonyl (C=O) groups is 3. The summed E-state index contributed by atoms with van der Waals surface area (Å²) in [5.41, 5.74) is 1.58. The van der Waals surface area contributed by atoms with Gasteiger partial charge in [0, 0.05) is 5.69 Å². The number of nitrogens with one attached hydrogen (secondary N) is 3. The molecule has 2 atom stereocenters. The zero-order valence-electron chi connectivity index (χ0n) is 20.1. The molecule has 0 unspecified atom stereocenters. The van der Waals surface area contributed by atoms with Gasteiger partial charge in [0.25, 0.3) is 15.9 Å². The minimum absolute atomic E-state index is 0.00678. The van der Waals surface area contributed by atoms with Crippen molar-refractivity contribution in [1.29, 1.82) is 0 Å². The van der Waals surface area contributed by atoms with Crippen LogP contribution in [0.4, 0.5) is 16.2 Å². The third-order valence-electron chi connectivity index (χ3n) is 6.97. The molecule has 2 aromatic carbocycles. The predicted molar refractivity (Wildman–Crippen MR) is 132 cm³/mol. The number of sulfonamides is 1. The number of imide groups is 1.